The van der Waals surface area contributed by atoms with Gasteiger partial charge in [0.15, 0.2) is 0 Å². The smallest absolute Gasteiger partial charge is 0.277 e. The van der Waals surface area contributed by atoms with Crippen molar-refractivity contribution in [1.82, 2.24) is 9.21 Å². The number of ether oxygens (including phenoxy) is 1. The molecule has 0 spiro atoms. The van der Waals surface area contributed by atoms with Gasteiger partial charge in [0.2, 0.25) is 5.91 Å². The molecule has 19 heavy (non-hydrogen) atoms. The average Bonchev–Trinajstić information content (AvgIpc) is 2.32. The molecule has 0 aromatic carbocycles. The van der Waals surface area contributed by atoms with Crippen molar-refractivity contribution >= 4 is 16.1 Å². The largest absolute Gasteiger partial charge is 0.378 e. The maximum atomic E-state index is 12.2. The lowest BCUT2D eigenvalue weighted by molar-refractivity contribution is -0.145. The Morgan fingerprint density at radius 1 is 1.26 bits per heavy atom. The van der Waals surface area contributed by atoms with Gasteiger partial charge in [0.1, 0.15) is 0 Å². The van der Waals surface area contributed by atoms with Crippen molar-refractivity contribution in [2.24, 2.45) is 5.14 Å². The van der Waals surface area contributed by atoms with Gasteiger partial charge in [-0.1, -0.05) is 0 Å². The molecule has 1 heterocycles. The number of carbonyl (C=O) groups excluding carboxylic acids is 1. The van der Waals surface area contributed by atoms with Crippen LogP contribution >= 0.6 is 0 Å². The van der Waals surface area contributed by atoms with Crippen LogP contribution in [0.4, 0.5) is 0 Å². The summed E-state index contributed by atoms with van der Waals surface area (Å²) in [6, 6.07) is 0. The Morgan fingerprint density at radius 2 is 1.84 bits per heavy atom. The zero-order valence-corrected chi connectivity index (χ0v) is 12.0. The Labute approximate surface area is 113 Å². The molecule has 0 aromatic rings. The van der Waals surface area contributed by atoms with E-state index in [9.17, 15) is 13.2 Å². The highest BCUT2D eigenvalue weighted by Gasteiger charge is 2.40. The topological polar surface area (TPSA) is 92.9 Å². The SMILES string of the molecule is COC1(CC(=O)N2CCN(S(N)(=O)=O)CC2)CCC1. The van der Waals surface area contributed by atoms with Gasteiger partial charge in [0, 0.05) is 33.3 Å². The molecule has 2 aliphatic rings. The van der Waals surface area contributed by atoms with Crippen LogP contribution in [-0.2, 0) is 19.7 Å². The molecule has 0 unspecified atom stereocenters. The second kappa shape index (κ2) is 5.35. The minimum absolute atomic E-state index is 0.0376. The zero-order valence-electron chi connectivity index (χ0n) is 11.2. The monoisotopic (exact) mass is 291 g/mol. The number of carbonyl (C=O) groups is 1. The molecule has 7 nitrogen and oxygen atoms in total. The van der Waals surface area contributed by atoms with Crippen LogP contribution in [0.15, 0.2) is 0 Å². The van der Waals surface area contributed by atoms with Crippen LogP contribution in [0.1, 0.15) is 25.7 Å². The van der Waals surface area contributed by atoms with Crippen molar-refractivity contribution in [1.29, 1.82) is 0 Å². The summed E-state index contributed by atoms with van der Waals surface area (Å²) in [5, 5.41) is 5.06. The highest BCUT2D eigenvalue weighted by Crippen LogP contribution is 2.38. The third-order valence-electron chi connectivity index (χ3n) is 4.12. The van der Waals surface area contributed by atoms with Gasteiger partial charge >= 0.3 is 0 Å². The molecule has 0 aromatic heterocycles. The van der Waals surface area contributed by atoms with Crippen LogP contribution < -0.4 is 5.14 Å². The molecule has 0 atom stereocenters. The molecule has 1 saturated carbocycles. The Hall–Kier alpha value is -0.700. The molecule has 0 bridgehead atoms. The summed E-state index contributed by atoms with van der Waals surface area (Å²) in [7, 11) is -1.99. The maximum absolute atomic E-state index is 12.2. The van der Waals surface area contributed by atoms with E-state index in [0.717, 1.165) is 19.3 Å². The van der Waals surface area contributed by atoms with E-state index in [1.54, 1.807) is 12.0 Å². The van der Waals surface area contributed by atoms with Crippen molar-refractivity contribution in [2.45, 2.75) is 31.3 Å². The Morgan fingerprint density at radius 3 is 2.21 bits per heavy atom. The second-order valence-electron chi connectivity index (χ2n) is 5.24. The van der Waals surface area contributed by atoms with Crippen LogP contribution in [0, 0.1) is 0 Å². The van der Waals surface area contributed by atoms with E-state index in [2.05, 4.69) is 0 Å². The summed E-state index contributed by atoms with van der Waals surface area (Å²) in [6.45, 7) is 1.33. The first-order chi connectivity index (χ1) is 8.86. The van der Waals surface area contributed by atoms with Crippen molar-refractivity contribution in [3.63, 3.8) is 0 Å². The minimum Gasteiger partial charge on any atom is -0.378 e. The van der Waals surface area contributed by atoms with E-state index in [4.69, 9.17) is 9.88 Å². The first-order valence-corrected chi connectivity index (χ1v) is 7.97. The third-order valence-corrected chi connectivity index (χ3v) is 5.21. The Bertz CT molecular complexity index is 433. The van der Waals surface area contributed by atoms with Crippen molar-refractivity contribution in [2.75, 3.05) is 33.3 Å². The van der Waals surface area contributed by atoms with Gasteiger partial charge in [-0.05, 0) is 19.3 Å². The summed E-state index contributed by atoms with van der Waals surface area (Å²) < 4.78 is 29.0. The van der Waals surface area contributed by atoms with Gasteiger partial charge in [-0.2, -0.15) is 12.7 Å². The standard InChI is InChI=1S/C11H21N3O4S/c1-18-11(3-2-4-11)9-10(15)13-5-7-14(8-6-13)19(12,16)17/h2-9H2,1H3,(H2,12,16,17). The molecule has 1 aliphatic heterocycles. The van der Waals surface area contributed by atoms with Crippen LogP contribution in [0.3, 0.4) is 0 Å². The summed E-state index contributed by atoms with van der Waals surface area (Å²) in [6.07, 6.45) is 3.33. The molecule has 2 N–H and O–H groups in total. The van der Waals surface area contributed by atoms with Crippen LogP contribution in [0.5, 0.6) is 0 Å². The second-order valence-corrected chi connectivity index (χ2v) is 6.79. The summed E-state index contributed by atoms with van der Waals surface area (Å²) in [4.78, 5) is 13.9. The van der Waals surface area contributed by atoms with Gasteiger partial charge in [-0.3, -0.25) is 4.79 Å². The number of amides is 1. The van der Waals surface area contributed by atoms with Crippen LogP contribution in [-0.4, -0.2) is 62.4 Å². The number of hydrogen-bond acceptors (Lipinski definition) is 4. The first-order valence-electron chi connectivity index (χ1n) is 6.47. The molecule has 2 fully saturated rings. The molecular formula is C11H21N3O4S. The van der Waals surface area contributed by atoms with Crippen LogP contribution in [0.2, 0.25) is 0 Å². The lowest BCUT2D eigenvalue weighted by Crippen LogP contribution is -2.54. The van der Waals surface area contributed by atoms with Crippen molar-refractivity contribution < 1.29 is 17.9 Å². The maximum Gasteiger partial charge on any atom is 0.277 e. The Kier molecular flexibility index (Phi) is 4.14. The van der Waals surface area contributed by atoms with Crippen molar-refractivity contribution in [3.05, 3.63) is 0 Å². The van der Waals surface area contributed by atoms with Gasteiger partial charge < -0.3 is 9.64 Å². The number of rotatable bonds is 4. The molecule has 0 radical (unpaired) electrons. The van der Waals surface area contributed by atoms with Crippen LogP contribution in [0.25, 0.3) is 0 Å². The molecule has 8 heteroatoms. The predicted octanol–water partition coefficient (Wildman–Crippen LogP) is -0.707. The highest BCUT2D eigenvalue weighted by atomic mass is 32.2. The van der Waals surface area contributed by atoms with Gasteiger partial charge in [0.25, 0.3) is 10.2 Å². The first kappa shape index (κ1) is 14.7. The summed E-state index contributed by atoms with van der Waals surface area (Å²) in [5.74, 6) is 0.0376. The van der Waals surface area contributed by atoms with E-state index < -0.39 is 10.2 Å². The fourth-order valence-electron chi connectivity index (χ4n) is 2.60. The number of hydrogen-bond donors (Lipinski definition) is 1. The van der Waals surface area contributed by atoms with Gasteiger partial charge in [0.05, 0.1) is 12.0 Å². The lowest BCUT2D eigenvalue weighted by atomic mass is 9.77. The minimum atomic E-state index is -3.64. The fraction of sp³-hybridized carbons (Fsp3) is 0.909. The number of nitrogens with zero attached hydrogens (tertiary/aromatic N) is 2. The highest BCUT2D eigenvalue weighted by molar-refractivity contribution is 7.86. The molecule has 2 rings (SSSR count). The Balaban J connectivity index is 1.86. The van der Waals surface area contributed by atoms with E-state index in [-0.39, 0.29) is 24.6 Å². The number of nitrogens with two attached hydrogens (primary N) is 1. The lowest BCUT2D eigenvalue weighted by Gasteiger charge is -2.42. The summed E-state index contributed by atoms with van der Waals surface area (Å²) in [5.41, 5.74) is -0.284. The van der Waals surface area contributed by atoms with E-state index in [1.165, 1.54) is 4.31 Å². The average molecular weight is 291 g/mol. The molecule has 110 valence electrons. The van der Waals surface area contributed by atoms with E-state index >= 15 is 0 Å². The number of piperazine rings is 1. The quantitative estimate of drug-likeness (QED) is 0.741. The fourth-order valence-corrected chi connectivity index (χ4v) is 3.28. The molecular weight excluding hydrogens is 270 g/mol. The molecule has 1 saturated heterocycles. The number of methoxy groups -OCH3 is 1. The van der Waals surface area contributed by atoms with Gasteiger partial charge in [-0.15, -0.1) is 0 Å². The normalized spacial score (nSPS) is 24.0. The van der Waals surface area contributed by atoms with Crippen molar-refractivity contribution in [3.8, 4) is 0 Å². The van der Waals surface area contributed by atoms with E-state index in [0.29, 0.717) is 19.5 Å². The van der Waals surface area contributed by atoms with Gasteiger partial charge in [-0.25, -0.2) is 5.14 Å². The molecule has 1 amide bonds. The van der Waals surface area contributed by atoms with E-state index in [1.807, 2.05) is 0 Å². The predicted molar refractivity (Wildman–Crippen MR) is 69.5 cm³/mol. The summed E-state index contributed by atoms with van der Waals surface area (Å²) >= 11 is 0. The third kappa shape index (κ3) is 3.25. The zero-order chi connectivity index (χ0) is 14.1. The molecule has 1 aliphatic carbocycles.